The number of benzene rings is 3. The van der Waals surface area contributed by atoms with Crippen molar-refractivity contribution in [3.05, 3.63) is 81.7 Å². The first-order valence-electron chi connectivity index (χ1n) is 8.94. The van der Waals surface area contributed by atoms with Crippen LogP contribution in [0.3, 0.4) is 0 Å². The number of hydrogen-bond donors (Lipinski definition) is 1. The molecule has 29 heavy (non-hydrogen) atoms. The number of ether oxygens (including phenoxy) is 1. The molecule has 0 radical (unpaired) electrons. The van der Waals surface area contributed by atoms with Crippen LogP contribution in [0.2, 0.25) is 0 Å². The molecule has 1 aromatic heterocycles. The minimum Gasteiger partial charge on any atom is -0.497 e. The van der Waals surface area contributed by atoms with Crippen molar-refractivity contribution in [2.75, 3.05) is 7.11 Å². The van der Waals surface area contributed by atoms with E-state index in [0.29, 0.717) is 0 Å². The summed E-state index contributed by atoms with van der Waals surface area (Å²) in [6, 6.07) is 21.3. The molecule has 6 heteroatoms. The lowest BCUT2D eigenvalue weighted by molar-refractivity contribution is -0.141. The summed E-state index contributed by atoms with van der Waals surface area (Å²) in [5.74, 6) is -0.108. The van der Waals surface area contributed by atoms with Crippen LogP contribution in [0, 0.1) is 3.82 Å². The molecule has 0 amide bonds. The number of carboxylic acids is 1. The van der Waals surface area contributed by atoms with Gasteiger partial charge in [-0.2, -0.15) is 0 Å². The number of fused-ring (bicyclic) bond motifs is 1. The zero-order chi connectivity index (χ0) is 20.6. The summed E-state index contributed by atoms with van der Waals surface area (Å²) in [7, 11) is 4.83. The Hall–Kier alpha value is -2.54. The molecule has 146 valence electrons. The molecule has 1 N–H and O–H groups in total. The van der Waals surface area contributed by atoms with Gasteiger partial charge < -0.3 is 9.84 Å². The van der Waals surface area contributed by atoms with Gasteiger partial charge in [-0.15, -0.1) is 0 Å². The van der Waals surface area contributed by atoms with Crippen LogP contribution in [0.5, 0.6) is 5.75 Å². The van der Waals surface area contributed by atoms with Crippen LogP contribution in [0.15, 0.2) is 66.7 Å². The Labute approximate surface area is 181 Å². The monoisotopic (exact) mass is 438 g/mol. The molecular formula is C23H18O3S3. The highest BCUT2D eigenvalue weighted by molar-refractivity contribution is 7.80. The summed E-state index contributed by atoms with van der Waals surface area (Å²) in [5, 5.41) is 12.1. The molecule has 4 rings (SSSR count). The van der Waals surface area contributed by atoms with Crippen molar-refractivity contribution in [1.82, 2.24) is 0 Å². The van der Waals surface area contributed by atoms with E-state index in [-0.39, 0.29) is 0 Å². The average Bonchev–Trinajstić information content (AvgIpc) is 3.18. The topological polar surface area (TPSA) is 46.5 Å². The zero-order valence-electron chi connectivity index (χ0n) is 15.8. The first-order valence-corrected chi connectivity index (χ1v) is 11.5. The molecule has 0 aliphatic rings. The Morgan fingerprint density at radius 3 is 2.21 bits per heavy atom. The lowest BCUT2D eigenvalue weighted by Gasteiger charge is -2.26. The number of aliphatic carboxylic acids is 1. The average molecular weight is 439 g/mol. The fourth-order valence-corrected chi connectivity index (χ4v) is 5.82. The second-order valence-electron chi connectivity index (χ2n) is 6.93. The van der Waals surface area contributed by atoms with Gasteiger partial charge in [0, 0.05) is 4.88 Å². The Morgan fingerprint density at radius 2 is 1.59 bits per heavy atom. The van der Waals surface area contributed by atoms with E-state index < -0.39 is 11.4 Å². The van der Waals surface area contributed by atoms with Gasteiger partial charge in [0.2, 0.25) is 0 Å². The quantitative estimate of drug-likeness (QED) is 0.276. The molecule has 1 atom stereocenters. The lowest BCUT2D eigenvalue weighted by Crippen LogP contribution is -2.33. The van der Waals surface area contributed by atoms with Gasteiger partial charge in [-0.25, -0.2) is 0 Å². The van der Waals surface area contributed by atoms with Gasteiger partial charge in [0.25, 0.3) is 0 Å². The maximum atomic E-state index is 12.4. The van der Waals surface area contributed by atoms with Crippen molar-refractivity contribution >= 4 is 49.6 Å². The predicted octanol–water partition coefficient (Wildman–Crippen LogP) is 6.76. The maximum Gasteiger partial charge on any atom is 0.318 e. The Bertz CT molecular complexity index is 1250. The van der Waals surface area contributed by atoms with E-state index >= 15 is 0 Å². The van der Waals surface area contributed by atoms with Crippen LogP contribution in [0.1, 0.15) is 18.1 Å². The molecule has 3 nitrogen and oxygen atoms in total. The largest absolute Gasteiger partial charge is 0.497 e. The smallest absolute Gasteiger partial charge is 0.318 e. The number of rotatable bonds is 5. The molecule has 3 aromatic carbocycles. The van der Waals surface area contributed by atoms with Crippen LogP contribution in [0.4, 0.5) is 0 Å². The van der Waals surface area contributed by atoms with Crippen LogP contribution in [-0.4, -0.2) is 18.2 Å². The van der Waals surface area contributed by atoms with E-state index in [0.717, 1.165) is 41.9 Å². The van der Waals surface area contributed by atoms with E-state index in [1.165, 1.54) is 0 Å². The van der Waals surface area contributed by atoms with Crippen molar-refractivity contribution in [2.45, 2.75) is 12.3 Å². The van der Waals surface area contributed by atoms with Crippen molar-refractivity contribution in [2.24, 2.45) is 0 Å². The number of methoxy groups -OCH3 is 1. The molecule has 0 spiro atoms. The third-order valence-electron chi connectivity index (χ3n) is 5.26. The van der Waals surface area contributed by atoms with E-state index in [1.54, 1.807) is 34.7 Å². The predicted molar refractivity (Wildman–Crippen MR) is 123 cm³/mol. The SMILES string of the molecule is COc1ccc2cc(C(C)(C(=O)O)c3ccc(-c4cc(=S)ss4)cc3)ccc2c1. The fraction of sp³-hybridized carbons (Fsp3) is 0.130. The fourth-order valence-electron chi connectivity index (χ4n) is 3.42. The normalized spacial score (nSPS) is 13.2. The summed E-state index contributed by atoms with van der Waals surface area (Å²) >= 11 is 5.21. The van der Waals surface area contributed by atoms with Crippen LogP contribution in [0.25, 0.3) is 21.2 Å². The first kappa shape index (κ1) is 19.8. The molecule has 4 aromatic rings. The highest BCUT2D eigenvalue weighted by Gasteiger charge is 2.37. The molecule has 0 fully saturated rings. The standard InChI is InChI=1S/C23H18O3S3/c1-23(22(24)25,17-7-3-14(4-8-17)20-13-21(27)29-28-20)18-9-5-16-12-19(26-2)10-6-15(16)11-18/h3-13H,1-2H3,(H,24,25). The van der Waals surface area contributed by atoms with Crippen molar-refractivity contribution in [1.29, 1.82) is 0 Å². The number of carboxylic acid groups (broad SMARTS) is 1. The van der Waals surface area contributed by atoms with E-state index in [2.05, 4.69) is 0 Å². The van der Waals surface area contributed by atoms with Gasteiger partial charge in [-0.3, -0.25) is 4.79 Å². The second-order valence-corrected chi connectivity index (χ2v) is 9.84. The van der Waals surface area contributed by atoms with Gasteiger partial charge in [-0.1, -0.05) is 75.4 Å². The van der Waals surface area contributed by atoms with E-state index in [1.807, 2.05) is 66.7 Å². The van der Waals surface area contributed by atoms with E-state index in [9.17, 15) is 9.90 Å². The molecule has 1 unspecified atom stereocenters. The van der Waals surface area contributed by atoms with E-state index in [4.69, 9.17) is 17.0 Å². The minimum atomic E-state index is -1.16. The number of carbonyl (C=O) groups is 1. The Morgan fingerprint density at radius 1 is 0.931 bits per heavy atom. The third-order valence-corrected chi connectivity index (χ3v) is 8.17. The van der Waals surface area contributed by atoms with Crippen molar-refractivity contribution in [3.63, 3.8) is 0 Å². The highest BCUT2D eigenvalue weighted by Crippen LogP contribution is 2.37. The Balaban J connectivity index is 1.78. The summed E-state index contributed by atoms with van der Waals surface area (Å²) < 4.78 is 6.14. The first-order chi connectivity index (χ1) is 13.9. The van der Waals surface area contributed by atoms with Crippen LogP contribution < -0.4 is 4.74 Å². The molecule has 0 saturated carbocycles. The Kier molecular flexibility index (Phi) is 5.25. The van der Waals surface area contributed by atoms with Gasteiger partial charge in [0.1, 0.15) is 15.0 Å². The molecule has 0 saturated heterocycles. The maximum absolute atomic E-state index is 12.4. The minimum absolute atomic E-state index is 0.737. The molecular weight excluding hydrogens is 420 g/mol. The summed E-state index contributed by atoms with van der Waals surface area (Å²) in [5.41, 5.74) is 1.36. The molecule has 0 bridgehead atoms. The molecule has 0 aliphatic heterocycles. The van der Waals surface area contributed by atoms with Crippen molar-refractivity contribution in [3.8, 4) is 16.2 Å². The van der Waals surface area contributed by atoms with Gasteiger partial charge in [-0.05, 0) is 58.7 Å². The summed E-state index contributed by atoms with van der Waals surface area (Å²) in [6.07, 6.45) is 0. The molecule has 1 heterocycles. The lowest BCUT2D eigenvalue weighted by atomic mass is 9.75. The van der Waals surface area contributed by atoms with Crippen LogP contribution >= 0.6 is 32.9 Å². The summed E-state index contributed by atoms with van der Waals surface area (Å²) in [4.78, 5) is 13.5. The van der Waals surface area contributed by atoms with Crippen LogP contribution in [-0.2, 0) is 10.2 Å². The molecule has 0 aliphatic carbocycles. The number of hydrogen-bond acceptors (Lipinski definition) is 5. The zero-order valence-corrected chi connectivity index (χ0v) is 18.3. The van der Waals surface area contributed by atoms with Gasteiger partial charge >= 0.3 is 5.97 Å². The second kappa shape index (κ2) is 7.71. The third kappa shape index (κ3) is 3.59. The summed E-state index contributed by atoms with van der Waals surface area (Å²) in [6.45, 7) is 1.75. The highest BCUT2D eigenvalue weighted by atomic mass is 32.9. The van der Waals surface area contributed by atoms with Crippen molar-refractivity contribution < 1.29 is 14.6 Å². The van der Waals surface area contributed by atoms with Gasteiger partial charge in [0.05, 0.1) is 7.11 Å². The van der Waals surface area contributed by atoms with Gasteiger partial charge in [0.15, 0.2) is 0 Å².